The average Bonchev–Trinajstić information content (AvgIpc) is 3.33. The lowest BCUT2D eigenvalue weighted by Crippen LogP contribution is -2.69. The SMILES string of the molecule is C=C(C=CC=C(CO)C12CCC3(CCCO)C(=C(C)C=O)CCC(O)(CCNC)C3(CC1)C2O)C1CC=C(C)C(O)NC(C)Cc2cccc(c2)C1. The van der Waals surface area contributed by atoms with Gasteiger partial charge in [0.1, 0.15) is 12.5 Å². The number of aldehydes is 1. The van der Waals surface area contributed by atoms with Crippen molar-refractivity contribution < 1.29 is 30.3 Å². The summed E-state index contributed by atoms with van der Waals surface area (Å²) in [6.07, 6.45) is 14.6. The molecule has 4 bridgehead atoms. The maximum absolute atomic E-state index is 12.8. The van der Waals surface area contributed by atoms with Gasteiger partial charge in [-0.05, 0) is 145 Å². The topological polar surface area (TPSA) is 142 Å². The summed E-state index contributed by atoms with van der Waals surface area (Å²) in [7, 11) is 1.87. The van der Waals surface area contributed by atoms with Crippen LogP contribution >= 0.6 is 0 Å². The molecule has 0 radical (unpaired) electrons. The van der Waals surface area contributed by atoms with Crippen LogP contribution in [0, 0.1) is 22.2 Å². The van der Waals surface area contributed by atoms with Crippen molar-refractivity contribution in [2.75, 3.05) is 26.8 Å². The van der Waals surface area contributed by atoms with E-state index in [0.29, 0.717) is 76.3 Å². The van der Waals surface area contributed by atoms with Crippen molar-refractivity contribution in [3.63, 3.8) is 0 Å². The number of rotatable bonds is 12. The standard InChI is InChI=1S/C44H64N2O6/c1-30(36-14-13-31(2)39(50)46-33(4)25-34-10-7-11-35(26-34)27-36)9-6-12-37(29-49)41-18-20-42(16-8-24-47)38(32(3)28-48)15-17-43(52,22-23-45-5)44(42,21-19-41)40(41)51/h6-7,9-13,26,28,33,36,39-40,45-47,49-52H,1,8,14-25,27,29H2,2-5H3. The summed E-state index contributed by atoms with van der Waals surface area (Å²) < 4.78 is 0. The second-order valence-corrected chi connectivity index (χ2v) is 16.5. The summed E-state index contributed by atoms with van der Waals surface area (Å²) >= 11 is 0. The Hall–Kier alpha value is -2.69. The third kappa shape index (κ3) is 7.25. The molecule has 8 heteroatoms. The first kappa shape index (κ1) is 40.5. The van der Waals surface area contributed by atoms with Crippen molar-refractivity contribution in [3.05, 3.63) is 94.1 Å². The highest BCUT2D eigenvalue weighted by Gasteiger charge is 2.76. The zero-order valence-electron chi connectivity index (χ0n) is 32.0. The van der Waals surface area contributed by atoms with Crippen LogP contribution in [-0.2, 0) is 17.6 Å². The minimum Gasteiger partial charge on any atom is -0.396 e. The fourth-order valence-electron chi connectivity index (χ4n) is 11.0. The number of nitrogens with one attached hydrogen (secondary N) is 2. The molecule has 8 atom stereocenters. The fraction of sp³-hybridized carbons (Fsp3) is 0.614. The molecule has 3 aliphatic carbocycles. The first-order valence-electron chi connectivity index (χ1n) is 19.5. The maximum Gasteiger partial charge on any atom is 0.145 e. The lowest BCUT2D eigenvalue weighted by atomic mass is 9.39. The smallest absolute Gasteiger partial charge is 0.145 e. The molecule has 5 rings (SSSR count). The molecule has 3 fully saturated rings. The Morgan fingerprint density at radius 1 is 1.08 bits per heavy atom. The monoisotopic (exact) mass is 716 g/mol. The van der Waals surface area contributed by atoms with Crippen molar-refractivity contribution in [1.82, 2.24) is 10.6 Å². The second-order valence-electron chi connectivity index (χ2n) is 16.5. The Morgan fingerprint density at radius 3 is 2.50 bits per heavy atom. The molecule has 7 N–H and O–H groups in total. The van der Waals surface area contributed by atoms with Crippen LogP contribution in [0.25, 0.3) is 0 Å². The van der Waals surface area contributed by atoms with Gasteiger partial charge in [0.05, 0.1) is 18.3 Å². The molecule has 52 heavy (non-hydrogen) atoms. The van der Waals surface area contributed by atoms with Crippen LogP contribution in [0.3, 0.4) is 0 Å². The van der Waals surface area contributed by atoms with E-state index < -0.39 is 34.2 Å². The number of hydrogen-bond donors (Lipinski definition) is 7. The Bertz CT molecular complexity index is 1580. The molecule has 1 spiro atoms. The molecule has 3 saturated carbocycles. The van der Waals surface area contributed by atoms with Gasteiger partial charge in [-0.15, -0.1) is 0 Å². The second kappa shape index (κ2) is 16.8. The van der Waals surface area contributed by atoms with E-state index >= 15 is 0 Å². The van der Waals surface area contributed by atoms with E-state index in [0.717, 1.165) is 41.4 Å². The highest BCUT2D eigenvalue weighted by Crippen LogP contribution is 2.77. The molecule has 8 nitrogen and oxygen atoms in total. The quantitative estimate of drug-likeness (QED) is 0.0661. The van der Waals surface area contributed by atoms with Gasteiger partial charge in [0.2, 0.25) is 0 Å². The minimum absolute atomic E-state index is 0.00360. The number of allylic oxidation sites excluding steroid dienone is 7. The van der Waals surface area contributed by atoms with Crippen LogP contribution in [0.2, 0.25) is 0 Å². The van der Waals surface area contributed by atoms with Gasteiger partial charge in [0, 0.05) is 28.9 Å². The third-order valence-electron chi connectivity index (χ3n) is 13.8. The first-order chi connectivity index (χ1) is 24.9. The van der Waals surface area contributed by atoms with E-state index in [1.165, 1.54) is 11.1 Å². The molecule has 1 heterocycles. The van der Waals surface area contributed by atoms with E-state index in [2.05, 4.69) is 54.5 Å². The summed E-state index contributed by atoms with van der Waals surface area (Å²) in [4.78, 5) is 12.3. The van der Waals surface area contributed by atoms with E-state index in [4.69, 9.17) is 0 Å². The number of aliphatic hydroxyl groups is 5. The zero-order chi connectivity index (χ0) is 37.7. The van der Waals surface area contributed by atoms with Crippen molar-refractivity contribution in [1.29, 1.82) is 0 Å². The van der Waals surface area contributed by atoms with Gasteiger partial charge >= 0.3 is 0 Å². The number of benzene rings is 1. The molecule has 1 aliphatic heterocycles. The van der Waals surface area contributed by atoms with Gasteiger partial charge in [0.15, 0.2) is 0 Å². The number of carbonyl (C=O) groups is 1. The Balaban J connectivity index is 1.49. The number of carbonyl (C=O) groups excluding carboxylic acids is 1. The maximum atomic E-state index is 12.8. The summed E-state index contributed by atoms with van der Waals surface area (Å²) in [5, 5.41) is 63.9. The molecule has 1 aromatic rings. The predicted molar refractivity (Wildman–Crippen MR) is 207 cm³/mol. The van der Waals surface area contributed by atoms with Crippen molar-refractivity contribution >= 4 is 6.29 Å². The molecular formula is C44H64N2O6. The van der Waals surface area contributed by atoms with Crippen LogP contribution in [-0.4, -0.2) is 82.6 Å². The third-order valence-corrected chi connectivity index (χ3v) is 13.8. The summed E-state index contributed by atoms with van der Waals surface area (Å²) in [5.41, 5.74) is 3.23. The van der Waals surface area contributed by atoms with Crippen molar-refractivity contribution in [2.45, 2.75) is 122 Å². The Morgan fingerprint density at radius 2 is 1.81 bits per heavy atom. The van der Waals surface area contributed by atoms with Crippen LogP contribution in [0.5, 0.6) is 0 Å². The van der Waals surface area contributed by atoms with Crippen LogP contribution in [0.1, 0.15) is 96.1 Å². The Labute approximate surface area is 311 Å². The summed E-state index contributed by atoms with van der Waals surface area (Å²) in [6.45, 7) is 10.7. The number of hydrogen-bond acceptors (Lipinski definition) is 8. The molecule has 0 saturated heterocycles. The summed E-state index contributed by atoms with van der Waals surface area (Å²) in [5.74, 6) is 0.0903. The van der Waals surface area contributed by atoms with Crippen molar-refractivity contribution in [3.8, 4) is 0 Å². The molecule has 4 aliphatic rings. The lowest BCUT2D eigenvalue weighted by molar-refractivity contribution is -0.240. The van der Waals surface area contributed by atoms with Gasteiger partial charge in [0.25, 0.3) is 0 Å². The van der Waals surface area contributed by atoms with Gasteiger partial charge in [-0.1, -0.05) is 66.3 Å². The van der Waals surface area contributed by atoms with Gasteiger partial charge in [-0.3, -0.25) is 10.1 Å². The van der Waals surface area contributed by atoms with Gasteiger partial charge in [-0.25, -0.2) is 0 Å². The van der Waals surface area contributed by atoms with Crippen molar-refractivity contribution in [2.24, 2.45) is 22.2 Å². The van der Waals surface area contributed by atoms with Crippen LogP contribution < -0.4 is 10.6 Å². The highest BCUT2D eigenvalue weighted by atomic mass is 16.3. The van der Waals surface area contributed by atoms with Gasteiger partial charge < -0.3 is 30.8 Å². The molecule has 1 aromatic carbocycles. The largest absolute Gasteiger partial charge is 0.396 e. The molecule has 8 unspecified atom stereocenters. The molecule has 0 amide bonds. The zero-order valence-corrected chi connectivity index (χ0v) is 32.0. The van der Waals surface area contributed by atoms with E-state index in [1.54, 1.807) is 0 Å². The van der Waals surface area contributed by atoms with E-state index in [1.807, 2.05) is 39.1 Å². The minimum atomic E-state index is -1.19. The average molecular weight is 717 g/mol. The lowest BCUT2D eigenvalue weighted by Gasteiger charge is -2.67. The van der Waals surface area contributed by atoms with E-state index in [-0.39, 0.29) is 25.2 Å². The number of fused-ring (bicyclic) bond motifs is 3. The first-order valence-corrected chi connectivity index (χ1v) is 19.5. The molecule has 286 valence electrons. The van der Waals surface area contributed by atoms with E-state index in [9.17, 15) is 30.3 Å². The summed E-state index contributed by atoms with van der Waals surface area (Å²) in [6, 6.07) is 8.76. The number of aliphatic hydroxyl groups excluding tert-OH is 4. The normalized spacial score (nSPS) is 36.4. The molecular weight excluding hydrogens is 652 g/mol. The Kier molecular flexibility index (Phi) is 13.1. The van der Waals surface area contributed by atoms with Gasteiger partial charge in [-0.2, -0.15) is 0 Å². The predicted octanol–water partition coefficient (Wildman–Crippen LogP) is 5.40. The fourth-order valence-corrected chi connectivity index (χ4v) is 11.0. The van der Waals surface area contributed by atoms with Crippen LogP contribution in [0.15, 0.2) is 83.0 Å². The highest BCUT2D eigenvalue weighted by molar-refractivity contribution is 5.74. The van der Waals surface area contributed by atoms with Crippen LogP contribution in [0.4, 0.5) is 0 Å². The molecule has 0 aromatic heterocycles.